The van der Waals surface area contributed by atoms with E-state index in [4.69, 9.17) is 9.72 Å². The minimum absolute atomic E-state index is 0.0125. The Morgan fingerprint density at radius 3 is 2.61 bits per heavy atom. The van der Waals surface area contributed by atoms with Crippen molar-refractivity contribution in [3.8, 4) is 22.4 Å². The van der Waals surface area contributed by atoms with Crippen LogP contribution in [0.5, 0.6) is 0 Å². The first-order chi connectivity index (χ1) is 16.3. The number of benzene rings is 2. The van der Waals surface area contributed by atoms with Gasteiger partial charge in [-0.05, 0) is 29.8 Å². The van der Waals surface area contributed by atoms with Gasteiger partial charge in [0.15, 0.2) is 0 Å². The molecule has 5 aromatic rings. The summed E-state index contributed by atoms with van der Waals surface area (Å²) in [6.45, 7) is 2.65. The van der Waals surface area contributed by atoms with Crippen LogP contribution in [0.15, 0.2) is 83.9 Å². The fourth-order valence-corrected chi connectivity index (χ4v) is 4.46. The van der Waals surface area contributed by atoms with Crippen molar-refractivity contribution >= 4 is 27.6 Å². The van der Waals surface area contributed by atoms with Crippen LogP contribution in [-0.4, -0.2) is 41.3 Å². The molecule has 0 atom stereocenters. The predicted octanol–water partition coefficient (Wildman–Crippen LogP) is 4.64. The molecule has 6 heteroatoms. The third-order valence-corrected chi connectivity index (χ3v) is 6.16. The van der Waals surface area contributed by atoms with Gasteiger partial charge in [0.05, 0.1) is 29.8 Å². The lowest BCUT2D eigenvalue weighted by molar-refractivity contribution is 0.122. The zero-order valence-corrected chi connectivity index (χ0v) is 18.0. The number of pyridine rings is 3. The highest BCUT2D eigenvalue weighted by Gasteiger charge is 2.19. The highest BCUT2D eigenvalue weighted by Crippen LogP contribution is 2.34. The number of ether oxygens (including phenoxy) is 1. The molecule has 1 saturated heterocycles. The van der Waals surface area contributed by atoms with Crippen molar-refractivity contribution < 1.29 is 4.74 Å². The number of rotatable bonds is 3. The van der Waals surface area contributed by atoms with Crippen molar-refractivity contribution in [3.05, 3.63) is 89.3 Å². The van der Waals surface area contributed by atoms with Crippen molar-refractivity contribution in [1.29, 1.82) is 0 Å². The molecule has 1 aliphatic rings. The first-order valence-corrected chi connectivity index (χ1v) is 11.1. The summed E-state index contributed by atoms with van der Waals surface area (Å²) in [5.41, 5.74) is 5.92. The number of H-pyrrole nitrogens is 1. The average Bonchev–Trinajstić information content (AvgIpc) is 2.89. The van der Waals surface area contributed by atoms with Gasteiger partial charge in [0.2, 0.25) is 5.43 Å². The average molecular weight is 434 g/mol. The number of anilines is 1. The lowest BCUT2D eigenvalue weighted by Gasteiger charge is -2.28. The van der Waals surface area contributed by atoms with Crippen LogP contribution in [0.3, 0.4) is 0 Å². The lowest BCUT2D eigenvalue weighted by atomic mass is 9.97. The summed E-state index contributed by atoms with van der Waals surface area (Å²) < 4.78 is 5.45. The molecular weight excluding hydrogens is 412 g/mol. The van der Waals surface area contributed by atoms with Crippen LogP contribution in [0.1, 0.15) is 0 Å². The van der Waals surface area contributed by atoms with Crippen molar-refractivity contribution in [2.24, 2.45) is 0 Å². The minimum atomic E-state index is -0.0125. The smallest absolute Gasteiger partial charge is 0.214 e. The van der Waals surface area contributed by atoms with Gasteiger partial charge in [0.25, 0.3) is 0 Å². The molecular formula is C27H22N4O2. The number of aromatic amines is 1. The van der Waals surface area contributed by atoms with Crippen LogP contribution in [0.4, 0.5) is 5.69 Å². The highest BCUT2D eigenvalue weighted by molar-refractivity contribution is 5.94. The molecule has 2 aromatic carbocycles. The molecule has 0 unspecified atom stereocenters. The molecule has 0 spiro atoms. The maximum atomic E-state index is 13.5. The second-order valence-corrected chi connectivity index (χ2v) is 8.16. The number of aromatic nitrogens is 3. The van der Waals surface area contributed by atoms with Gasteiger partial charge in [-0.25, -0.2) is 4.98 Å². The first kappa shape index (κ1) is 19.6. The molecule has 1 aliphatic heterocycles. The summed E-state index contributed by atoms with van der Waals surface area (Å²) in [5.74, 6) is 0. The Hall–Kier alpha value is -4.03. The van der Waals surface area contributed by atoms with Crippen LogP contribution in [0.25, 0.3) is 44.3 Å². The summed E-state index contributed by atoms with van der Waals surface area (Å²) in [6.07, 6.45) is 3.57. The Kier molecular flexibility index (Phi) is 4.85. The highest BCUT2D eigenvalue weighted by atomic mass is 16.5. The van der Waals surface area contributed by atoms with Gasteiger partial charge in [0.1, 0.15) is 11.3 Å². The summed E-state index contributed by atoms with van der Waals surface area (Å²) in [7, 11) is 0. The molecule has 3 aromatic heterocycles. The van der Waals surface area contributed by atoms with Crippen molar-refractivity contribution in [2.75, 3.05) is 31.2 Å². The van der Waals surface area contributed by atoms with Gasteiger partial charge < -0.3 is 14.6 Å². The van der Waals surface area contributed by atoms with Crippen LogP contribution in [0, 0.1) is 0 Å². The lowest BCUT2D eigenvalue weighted by Crippen LogP contribution is -2.38. The Balaban J connectivity index is 1.60. The maximum absolute atomic E-state index is 13.5. The molecule has 1 fully saturated rings. The largest absolute Gasteiger partial charge is 0.378 e. The second kappa shape index (κ2) is 8.15. The molecule has 33 heavy (non-hydrogen) atoms. The summed E-state index contributed by atoms with van der Waals surface area (Å²) in [5, 5.41) is 1.63. The zero-order chi connectivity index (χ0) is 22.2. The number of hydrogen-bond acceptors (Lipinski definition) is 5. The number of fused-ring (bicyclic) bond motifs is 2. The Bertz CT molecular complexity index is 1520. The van der Waals surface area contributed by atoms with E-state index in [1.165, 1.54) is 0 Å². The number of hydrogen-bond donors (Lipinski definition) is 1. The second-order valence-electron chi connectivity index (χ2n) is 8.16. The number of nitrogens with zero attached hydrogens (tertiary/aromatic N) is 3. The van der Waals surface area contributed by atoms with Crippen molar-refractivity contribution in [1.82, 2.24) is 15.0 Å². The van der Waals surface area contributed by atoms with Gasteiger partial charge in [-0.3, -0.25) is 9.78 Å². The van der Waals surface area contributed by atoms with Crippen LogP contribution < -0.4 is 10.3 Å². The Morgan fingerprint density at radius 2 is 1.76 bits per heavy atom. The Labute approximate surface area is 190 Å². The fraction of sp³-hybridized carbons (Fsp3) is 0.148. The van der Waals surface area contributed by atoms with E-state index in [0.717, 1.165) is 33.3 Å². The van der Waals surface area contributed by atoms with Crippen LogP contribution in [0.2, 0.25) is 0 Å². The molecule has 6 rings (SSSR count). The summed E-state index contributed by atoms with van der Waals surface area (Å²) in [6, 6.07) is 22.2. The van der Waals surface area contributed by atoms with E-state index >= 15 is 0 Å². The van der Waals surface area contributed by atoms with Crippen LogP contribution in [-0.2, 0) is 4.74 Å². The minimum Gasteiger partial charge on any atom is -0.378 e. The standard InChI is InChI=1S/C27H22N4O2/c32-26-22-16-21(19-8-9-23-20(15-19)7-4-10-28-23)25(18-5-2-1-3-6-18)30-27(22)29-17-24(26)31-11-13-33-14-12-31/h1-10,15-17H,11-14H2,(H,29,30,32). The number of nitrogens with one attached hydrogen (secondary N) is 1. The van der Waals surface area contributed by atoms with Gasteiger partial charge >= 0.3 is 0 Å². The number of morpholine rings is 1. The van der Waals surface area contributed by atoms with Gasteiger partial charge in [0, 0.05) is 42.0 Å². The molecule has 162 valence electrons. The van der Waals surface area contributed by atoms with E-state index in [1.807, 2.05) is 60.7 Å². The van der Waals surface area contributed by atoms with E-state index in [-0.39, 0.29) is 5.43 Å². The van der Waals surface area contributed by atoms with Crippen LogP contribution >= 0.6 is 0 Å². The molecule has 4 heterocycles. The van der Waals surface area contributed by atoms with Gasteiger partial charge in [-0.1, -0.05) is 42.5 Å². The SMILES string of the molecule is O=c1c(N2CCOCC2)c[nH]c2nc(-c3ccccc3)c(-c3ccc4ncccc4c3)cc12. The molecule has 0 radical (unpaired) electrons. The monoisotopic (exact) mass is 434 g/mol. The molecule has 0 saturated carbocycles. The topological polar surface area (TPSA) is 71.1 Å². The summed E-state index contributed by atoms with van der Waals surface area (Å²) in [4.78, 5) is 28.2. The fourth-order valence-electron chi connectivity index (χ4n) is 4.46. The third-order valence-electron chi connectivity index (χ3n) is 6.16. The summed E-state index contributed by atoms with van der Waals surface area (Å²) >= 11 is 0. The van der Waals surface area contributed by atoms with E-state index in [0.29, 0.717) is 43.0 Å². The predicted molar refractivity (Wildman–Crippen MR) is 132 cm³/mol. The maximum Gasteiger partial charge on any atom is 0.214 e. The van der Waals surface area contributed by atoms with E-state index in [1.54, 1.807) is 12.4 Å². The molecule has 0 aliphatic carbocycles. The normalized spacial score (nSPS) is 14.1. The van der Waals surface area contributed by atoms with Crippen molar-refractivity contribution in [2.45, 2.75) is 0 Å². The quantitative estimate of drug-likeness (QED) is 0.448. The molecule has 0 bridgehead atoms. The van der Waals surface area contributed by atoms with E-state index in [2.05, 4.69) is 20.9 Å². The van der Waals surface area contributed by atoms with Gasteiger partial charge in [-0.15, -0.1) is 0 Å². The molecule has 1 N–H and O–H groups in total. The van der Waals surface area contributed by atoms with E-state index < -0.39 is 0 Å². The third kappa shape index (κ3) is 3.54. The first-order valence-electron chi connectivity index (χ1n) is 11.1. The molecule has 0 amide bonds. The molecule has 6 nitrogen and oxygen atoms in total. The Morgan fingerprint density at radius 1 is 0.909 bits per heavy atom. The zero-order valence-electron chi connectivity index (χ0n) is 18.0. The van der Waals surface area contributed by atoms with E-state index in [9.17, 15) is 4.79 Å². The van der Waals surface area contributed by atoms with Gasteiger partial charge in [-0.2, -0.15) is 0 Å². The van der Waals surface area contributed by atoms with Crippen molar-refractivity contribution in [3.63, 3.8) is 0 Å².